The van der Waals surface area contributed by atoms with Crippen LogP contribution in [0.25, 0.3) is 5.57 Å². The number of amidine groups is 3. The van der Waals surface area contributed by atoms with Crippen molar-refractivity contribution in [2.24, 2.45) is 14.7 Å². The van der Waals surface area contributed by atoms with Crippen LogP contribution in [-0.4, -0.2) is 41.2 Å². The molecule has 0 aliphatic rings. The monoisotopic (exact) mass is 531 g/mol. The van der Waals surface area contributed by atoms with Crippen LogP contribution in [0.4, 0.5) is 0 Å². The molecule has 0 heterocycles. The summed E-state index contributed by atoms with van der Waals surface area (Å²) in [5.74, 6) is 1.61. The first-order valence-corrected chi connectivity index (χ1v) is 12.6. The molecule has 0 bridgehead atoms. The first-order chi connectivity index (χ1) is 15.8. The molecule has 33 heavy (non-hydrogen) atoms. The third-order valence-corrected chi connectivity index (χ3v) is 6.19. The standard InChI is InChI=1S/C26H38BrN5S/c1-6-9-17-32(5)24(30-26(29)23(33)12-7-2)18-20(8-3)16-15-19(4)21-13-10-11-14-22(21)25(28)31-27/h8,10-11,13-16,23,29,33H,3,6-7,9,12,17-18H2,1-2,4-5H3,(H2,28,31)/b19-15+,20-16+,29-26?,30-24?. The van der Waals surface area contributed by atoms with Gasteiger partial charge in [-0.05, 0) is 36.5 Å². The van der Waals surface area contributed by atoms with E-state index in [4.69, 9.17) is 11.1 Å². The normalized spacial score (nSPS) is 14.2. The van der Waals surface area contributed by atoms with Crippen molar-refractivity contribution in [3.05, 3.63) is 65.8 Å². The largest absolute Gasteiger partial charge is 0.383 e. The molecule has 3 N–H and O–H groups in total. The van der Waals surface area contributed by atoms with Gasteiger partial charge in [-0.3, -0.25) is 5.41 Å². The lowest BCUT2D eigenvalue weighted by Crippen LogP contribution is -2.30. The molecule has 0 saturated heterocycles. The van der Waals surface area contributed by atoms with E-state index in [-0.39, 0.29) is 5.25 Å². The van der Waals surface area contributed by atoms with Gasteiger partial charge in [0.25, 0.3) is 0 Å². The van der Waals surface area contributed by atoms with Crippen LogP contribution in [0.1, 0.15) is 64.0 Å². The van der Waals surface area contributed by atoms with Gasteiger partial charge in [-0.25, -0.2) is 4.99 Å². The highest BCUT2D eigenvalue weighted by Gasteiger charge is 2.13. The fourth-order valence-electron chi connectivity index (χ4n) is 3.21. The molecule has 0 amide bonds. The number of benzene rings is 1. The third-order valence-electron chi connectivity index (χ3n) is 5.31. The summed E-state index contributed by atoms with van der Waals surface area (Å²) in [7, 11) is 2.04. The molecule has 0 saturated carbocycles. The molecule has 0 fully saturated rings. The summed E-state index contributed by atoms with van der Waals surface area (Å²) >= 11 is 7.64. The Kier molecular flexibility index (Phi) is 13.7. The SMILES string of the molecule is C=C/C(=C\C=C(/C)c1ccccc1/C(N)=N/Br)CC(=NC(=N)C(S)CCC)N(C)CCCC. The molecule has 0 radical (unpaired) electrons. The molecule has 1 rings (SSSR count). The van der Waals surface area contributed by atoms with Crippen LogP contribution in [0, 0.1) is 5.41 Å². The van der Waals surface area contributed by atoms with Crippen LogP contribution >= 0.6 is 28.8 Å². The summed E-state index contributed by atoms with van der Waals surface area (Å²) in [5, 5.41) is 8.24. The predicted octanol–water partition coefficient (Wildman–Crippen LogP) is 6.81. The Balaban J connectivity index is 3.24. The number of halogens is 1. The Morgan fingerprint density at radius 2 is 1.91 bits per heavy atom. The Morgan fingerprint density at radius 3 is 2.48 bits per heavy atom. The molecule has 0 aliphatic heterocycles. The first kappa shape index (κ1) is 28.9. The fourth-order valence-corrected chi connectivity index (χ4v) is 3.71. The molecule has 1 aromatic rings. The van der Waals surface area contributed by atoms with E-state index in [9.17, 15) is 0 Å². The first-order valence-electron chi connectivity index (χ1n) is 11.4. The quantitative estimate of drug-likeness (QED) is 0.120. The van der Waals surface area contributed by atoms with Crippen molar-refractivity contribution >= 4 is 51.9 Å². The Labute approximate surface area is 213 Å². The van der Waals surface area contributed by atoms with Gasteiger partial charge in [-0.2, -0.15) is 16.6 Å². The topological polar surface area (TPSA) is 77.8 Å². The van der Waals surface area contributed by atoms with Crippen molar-refractivity contribution in [3.63, 3.8) is 0 Å². The van der Waals surface area contributed by atoms with E-state index >= 15 is 0 Å². The minimum absolute atomic E-state index is 0.152. The van der Waals surface area contributed by atoms with Gasteiger partial charge in [0.05, 0.1) is 21.4 Å². The molecule has 1 aromatic carbocycles. The number of aliphatic imine (C=N–C) groups is 1. The van der Waals surface area contributed by atoms with Crippen LogP contribution in [0.15, 0.2) is 63.7 Å². The second kappa shape index (κ2) is 15.7. The zero-order chi connectivity index (χ0) is 24.8. The smallest absolute Gasteiger partial charge is 0.139 e. The minimum Gasteiger partial charge on any atom is -0.383 e. The van der Waals surface area contributed by atoms with Gasteiger partial charge in [-0.15, -0.1) is 0 Å². The van der Waals surface area contributed by atoms with E-state index in [1.54, 1.807) is 0 Å². The minimum atomic E-state index is -0.152. The Hall–Kier alpha value is -2.12. The summed E-state index contributed by atoms with van der Waals surface area (Å²) in [4.78, 5) is 6.81. The van der Waals surface area contributed by atoms with Crippen molar-refractivity contribution in [2.45, 2.75) is 58.1 Å². The molecule has 0 spiro atoms. The van der Waals surface area contributed by atoms with E-state index in [2.05, 4.69) is 75.3 Å². The summed E-state index contributed by atoms with van der Waals surface area (Å²) in [5.41, 5.74) is 10.0. The zero-order valence-corrected chi connectivity index (χ0v) is 22.8. The van der Waals surface area contributed by atoms with E-state index in [1.807, 2.05) is 44.3 Å². The Morgan fingerprint density at radius 1 is 1.24 bits per heavy atom. The highest BCUT2D eigenvalue weighted by Crippen LogP contribution is 2.20. The van der Waals surface area contributed by atoms with Crippen molar-refractivity contribution in [2.75, 3.05) is 13.6 Å². The molecule has 1 unspecified atom stereocenters. The van der Waals surface area contributed by atoms with Crippen molar-refractivity contribution < 1.29 is 0 Å². The van der Waals surface area contributed by atoms with Crippen molar-refractivity contribution in [1.29, 1.82) is 5.41 Å². The van der Waals surface area contributed by atoms with Gasteiger partial charge >= 0.3 is 0 Å². The summed E-state index contributed by atoms with van der Waals surface area (Å²) in [6.45, 7) is 11.2. The maximum Gasteiger partial charge on any atom is 0.139 e. The van der Waals surface area contributed by atoms with E-state index in [0.717, 1.165) is 60.3 Å². The van der Waals surface area contributed by atoms with Gasteiger partial charge in [0.2, 0.25) is 0 Å². The van der Waals surface area contributed by atoms with Gasteiger partial charge in [0.15, 0.2) is 0 Å². The predicted molar refractivity (Wildman–Crippen MR) is 153 cm³/mol. The molecule has 0 aromatic heterocycles. The number of rotatable bonds is 12. The number of thiol groups is 1. The molecule has 0 aliphatic carbocycles. The lowest BCUT2D eigenvalue weighted by molar-refractivity contribution is 0.478. The van der Waals surface area contributed by atoms with Gasteiger partial charge in [0.1, 0.15) is 17.5 Å². The number of unbranched alkanes of at least 4 members (excludes halogenated alkanes) is 1. The fraction of sp³-hybridized carbons (Fsp3) is 0.423. The van der Waals surface area contributed by atoms with Crippen molar-refractivity contribution in [3.8, 4) is 0 Å². The zero-order valence-electron chi connectivity index (χ0n) is 20.3. The van der Waals surface area contributed by atoms with Gasteiger partial charge in [-0.1, -0.05) is 75.8 Å². The second-order valence-corrected chi connectivity index (χ2v) is 8.96. The van der Waals surface area contributed by atoms with E-state index in [0.29, 0.717) is 18.1 Å². The second-order valence-electron chi connectivity index (χ2n) is 7.98. The van der Waals surface area contributed by atoms with Crippen LogP contribution in [0.3, 0.4) is 0 Å². The number of hydrogen-bond donors (Lipinski definition) is 3. The van der Waals surface area contributed by atoms with Crippen LogP contribution in [-0.2, 0) is 0 Å². The average molecular weight is 533 g/mol. The number of allylic oxidation sites excluding steroid dienone is 4. The number of nitrogens with zero attached hydrogens (tertiary/aromatic N) is 3. The van der Waals surface area contributed by atoms with Crippen LogP contribution in [0.2, 0.25) is 0 Å². The Bertz CT molecular complexity index is 917. The highest BCUT2D eigenvalue weighted by molar-refractivity contribution is 9.08. The molecule has 7 heteroatoms. The number of hydrogen-bond acceptors (Lipinski definition) is 3. The third kappa shape index (κ3) is 9.72. The molecular weight excluding hydrogens is 494 g/mol. The lowest BCUT2D eigenvalue weighted by Gasteiger charge is -2.22. The number of nitrogens with one attached hydrogen (secondary N) is 1. The highest BCUT2D eigenvalue weighted by atomic mass is 79.9. The number of nitrogens with two attached hydrogens (primary N) is 1. The maximum absolute atomic E-state index is 8.39. The average Bonchev–Trinajstić information content (AvgIpc) is 2.83. The van der Waals surface area contributed by atoms with Crippen LogP contribution in [0.5, 0.6) is 0 Å². The van der Waals surface area contributed by atoms with Gasteiger partial charge < -0.3 is 10.6 Å². The van der Waals surface area contributed by atoms with Crippen molar-refractivity contribution in [1.82, 2.24) is 4.90 Å². The maximum atomic E-state index is 8.39. The van der Waals surface area contributed by atoms with Gasteiger partial charge in [0, 0.05) is 25.6 Å². The molecular formula is C26H38BrN5S. The van der Waals surface area contributed by atoms with E-state index in [1.165, 1.54) is 0 Å². The lowest BCUT2D eigenvalue weighted by atomic mass is 9.99. The summed E-state index contributed by atoms with van der Waals surface area (Å²) in [6.07, 6.45) is 10.5. The molecule has 1 atom stereocenters. The molecule has 5 nitrogen and oxygen atoms in total. The summed E-state index contributed by atoms with van der Waals surface area (Å²) < 4.78 is 3.95. The van der Waals surface area contributed by atoms with E-state index < -0.39 is 0 Å². The summed E-state index contributed by atoms with van der Waals surface area (Å²) in [6, 6.07) is 7.91. The molecule has 180 valence electrons. The van der Waals surface area contributed by atoms with Crippen LogP contribution < -0.4 is 5.73 Å².